The van der Waals surface area contributed by atoms with Crippen LogP contribution in [0, 0.1) is 0 Å². The first-order valence-electron chi connectivity index (χ1n) is 4.23. The maximum Gasteiger partial charge on any atom is 0.386 e. The highest BCUT2D eigenvalue weighted by Gasteiger charge is 2.31. The summed E-state index contributed by atoms with van der Waals surface area (Å²) in [5.74, 6) is -1.78. The topological polar surface area (TPSA) is 98.9 Å². The fourth-order valence-corrected chi connectivity index (χ4v) is 1.20. The van der Waals surface area contributed by atoms with Gasteiger partial charge in [-0.25, -0.2) is 14.4 Å². The molecule has 7 heteroatoms. The number of amides is 2. The summed E-state index contributed by atoms with van der Waals surface area (Å²) < 4.78 is 0. The Hall–Kier alpha value is -2.57. The SMILES string of the molecule is NC(=O)N1OC(=O)c2ccccc2C(=O)O1. The van der Waals surface area contributed by atoms with Crippen LogP contribution in [0.25, 0.3) is 0 Å². The normalized spacial score (nSPS) is 14.6. The Morgan fingerprint density at radius 3 is 1.88 bits per heavy atom. The summed E-state index contributed by atoms with van der Waals surface area (Å²) in [7, 11) is 0. The molecule has 82 valence electrons. The van der Waals surface area contributed by atoms with Crippen molar-refractivity contribution in [2.75, 3.05) is 0 Å². The number of hydrogen-bond acceptors (Lipinski definition) is 5. The summed E-state index contributed by atoms with van der Waals surface area (Å²) in [4.78, 5) is 42.6. The molecule has 1 aromatic rings. The van der Waals surface area contributed by atoms with Crippen molar-refractivity contribution >= 4 is 18.0 Å². The minimum atomic E-state index is -1.20. The van der Waals surface area contributed by atoms with Crippen LogP contribution in [0.15, 0.2) is 24.3 Å². The van der Waals surface area contributed by atoms with E-state index in [1.807, 2.05) is 0 Å². The van der Waals surface area contributed by atoms with E-state index in [0.717, 1.165) is 0 Å². The fourth-order valence-electron chi connectivity index (χ4n) is 1.20. The van der Waals surface area contributed by atoms with Gasteiger partial charge in [0.1, 0.15) is 0 Å². The van der Waals surface area contributed by atoms with E-state index in [0.29, 0.717) is 0 Å². The summed E-state index contributed by atoms with van der Waals surface area (Å²) in [5, 5.41) is 0.0463. The number of hydrogen-bond donors (Lipinski definition) is 1. The molecule has 0 saturated carbocycles. The van der Waals surface area contributed by atoms with Gasteiger partial charge in [-0.2, -0.15) is 0 Å². The van der Waals surface area contributed by atoms with Crippen molar-refractivity contribution in [2.45, 2.75) is 0 Å². The molecule has 0 saturated heterocycles. The highest BCUT2D eigenvalue weighted by Crippen LogP contribution is 2.17. The summed E-state index contributed by atoms with van der Waals surface area (Å²) in [5.41, 5.74) is 4.85. The number of benzene rings is 1. The third kappa shape index (κ3) is 1.54. The standard InChI is InChI=1S/C9H6N2O5/c10-9(14)11-15-7(12)5-3-1-2-4-6(5)8(13)16-11/h1-4H,(H2,10,14). The van der Waals surface area contributed by atoms with Gasteiger partial charge in [0, 0.05) is 5.23 Å². The number of fused-ring (bicyclic) bond motifs is 1. The Balaban J connectivity index is 2.46. The molecule has 1 aromatic carbocycles. The van der Waals surface area contributed by atoms with E-state index in [4.69, 9.17) is 5.73 Å². The number of urea groups is 1. The Bertz CT molecular complexity index is 448. The molecule has 0 radical (unpaired) electrons. The van der Waals surface area contributed by atoms with E-state index in [1.165, 1.54) is 12.1 Å². The molecule has 0 fully saturated rings. The van der Waals surface area contributed by atoms with Gasteiger partial charge in [0.2, 0.25) is 0 Å². The molecule has 0 spiro atoms. The Morgan fingerprint density at radius 2 is 1.50 bits per heavy atom. The lowest BCUT2D eigenvalue weighted by Crippen LogP contribution is -2.37. The number of primary amides is 1. The van der Waals surface area contributed by atoms with Crippen LogP contribution in [0.1, 0.15) is 20.7 Å². The maximum atomic E-state index is 11.5. The summed E-state index contributed by atoms with van der Waals surface area (Å²) in [6, 6.07) is 4.66. The largest absolute Gasteiger partial charge is 0.386 e. The van der Waals surface area contributed by atoms with E-state index in [1.54, 1.807) is 12.1 Å². The van der Waals surface area contributed by atoms with Crippen LogP contribution in [0.2, 0.25) is 0 Å². The van der Waals surface area contributed by atoms with Crippen LogP contribution >= 0.6 is 0 Å². The zero-order valence-electron chi connectivity index (χ0n) is 7.88. The second kappa shape index (κ2) is 3.54. The molecule has 2 N–H and O–H groups in total. The first-order chi connectivity index (χ1) is 7.59. The van der Waals surface area contributed by atoms with Crippen molar-refractivity contribution in [1.29, 1.82) is 0 Å². The van der Waals surface area contributed by atoms with Gasteiger partial charge in [0.15, 0.2) is 0 Å². The zero-order valence-corrected chi connectivity index (χ0v) is 7.88. The monoisotopic (exact) mass is 222 g/mol. The van der Waals surface area contributed by atoms with E-state index in [2.05, 4.69) is 9.68 Å². The minimum Gasteiger partial charge on any atom is -0.346 e. The maximum absolute atomic E-state index is 11.5. The molecule has 1 aliphatic heterocycles. The van der Waals surface area contributed by atoms with Gasteiger partial charge in [-0.3, -0.25) is 9.68 Å². The molecule has 0 aromatic heterocycles. The van der Waals surface area contributed by atoms with E-state index in [-0.39, 0.29) is 16.4 Å². The van der Waals surface area contributed by atoms with E-state index >= 15 is 0 Å². The van der Waals surface area contributed by atoms with Gasteiger partial charge in [-0.1, -0.05) is 12.1 Å². The highest BCUT2D eigenvalue weighted by atomic mass is 17.0. The summed E-state index contributed by atoms with van der Waals surface area (Å²) in [6.07, 6.45) is 0. The molecule has 2 rings (SSSR count). The number of carbonyl (C=O) groups is 3. The number of carbonyl (C=O) groups excluding carboxylic acids is 3. The van der Waals surface area contributed by atoms with Gasteiger partial charge in [-0.15, -0.1) is 0 Å². The third-order valence-electron chi connectivity index (χ3n) is 1.88. The second-order valence-corrected chi connectivity index (χ2v) is 2.90. The van der Waals surface area contributed by atoms with Crippen LogP contribution < -0.4 is 5.73 Å². The molecule has 0 atom stereocenters. The van der Waals surface area contributed by atoms with Crippen LogP contribution in [0.3, 0.4) is 0 Å². The van der Waals surface area contributed by atoms with Crippen LogP contribution in [0.4, 0.5) is 4.79 Å². The first-order valence-corrected chi connectivity index (χ1v) is 4.23. The quantitative estimate of drug-likeness (QED) is 0.677. The van der Waals surface area contributed by atoms with Gasteiger partial charge in [-0.05, 0) is 12.1 Å². The Kier molecular flexibility index (Phi) is 2.20. The molecule has 7 nitrogen and oxygen atoms in total. The van der Waals surface area contributed by atoms with E-state index in [9.17, 15) is 14.4 Å². The molecule has 0 bridgehead atoms. The second-order valence-electron chi connectivity index (χ2n) is 2.90. The Labute approximate surface area is 89.2 Å². The van der Waals surface area contributed by atoms with Crippen LogP contribution in [-0.4, -0.2) is 23.2 Å². The average molecular weight is 222 g/mol. The lowest BCUT2D eigenvalue weighted by Gasteiger charge is -2.12. The van der Waals surface area contributed by atoms with Crippen molar-refractivity contribution in [1.82, 2.24) is 5.23 Å². The molecule has 16 heavy (non-hydrogen) atoms. The highest BCUT2D eigenvalue weighted by molar-refractivity contribution is 6.04. The first kappa shape index (κ1) is 9.97. The summed E-state index contributed by atoms with van der Waals surface area (Å²) in [6.45, 7) is 0. The van der Waals surface area contributed by atoms with Gasteiger partial charge in [0.05, 0.1) is 11.1 Å². The molecular formula is C9H6N2O5. The predicted octanol–water partition coefficient (Wildman–Crippen LogP) is 0.225. The smallest absolute Gasteiger partial charge is 0.346 e. The summed E-state index contributed by atoms with van der Waals surface area (Å²) >= 11 is 0. The van der Waals surface area contributed by atoms with Gasteiger partial charge in [0.25, 0.3) is 0 Å². The molecular weight excluding hydrogens is 216 g/mol. The van der Waals surface area contributed by atoms with Crippen molar-refractivity contribution < 1.29 is 24.1 Å². The number of nitrogens with zero attached hydrogens (tertiary/aromatic N) is 1. The van der Waals surface area contributed by atoms with Crippen molar-refractivity contribution in [3.05, 3.63) is 35.4 Å². The third-order valence-corrected chi connectivity index (χ3v) is 1.88. The number of rotatable bonds is 0. The van der Waals surface area contributed by atoms with Crippen LogP contribution in [-0.2, 0) is 9.68 Å². The number of hydroxylamine groups is 2. The molecule has 1 aliphatic rings. The van der Waals surface area contributed by atoms with Crippen molar-refractivity contribution in [3.8, 4) is 0 Å². The average Bonchev–Trinajstić information content (AvgIpc) is 2.39. The predicted molar refractivity (Wildman–Crippen MR) is 48.7 cm³/mol. The lowest BCUT2D eigenvalue weighted by atomic mass is 10.1. The van der Waals surface area contributed by atoms with Gasteiger partial charge >= 0.3 is 18.0 Å². The zero-order chi connectivity index (χ0) is 11.7. The van der Waals surface area contributed by atoms with Crippen LogP contribution in [0.5, 0.6) is 0 Å². The van der Waals surface area contributed by atoms with Crippen molar-refractivity contribution in [3.63, 3.8) is 0 Å². The van der Waals surface area contributed by atoms with E-state index < -0.39 is 18.0 Å². The molecule has 1 heterocycles. The lowest BCUT2D eigenvalue weighted by molar-refractivity contribution is -0.250. The fraction of sp³-hybridized carbons (Fsp3) is 0. The minimum absolute atomic E-state index is 0.0104. The number of nitrogens with two attached hydrogens (primary N) is 1. The van der Waals surface area contributed by atoms with Gasteiger partial charge < -0.3 is 5.73 Å². The molecule has 0 unspecified atom stereocenters. The van der Waals surface area contributed by atoms with Crippen molar-refractivity contribution in [2.24, 2.45) is 5.73 Å². The molecule has 0 aliphatic carbocycles. The Morgan fingerprint density at radius 1 is 1.06 bits per heavy atom. The molecule has 2 amide bonds.